The molecule has 0 amide bonds. The standard InChI is InChI=1S/C11H20N2OS/c1-8(2)10-7-15-11(13-10)12-5-9-3-4-14-6-9/h8-10H,3-7H2,1-2H3,(H,12,13)/t9?,10-/m1/s1. The average Bonchev–Trinajstić information content (AvgIpc) is 2.86. The molecule has 2 atom stereocenters. The molecule has 0 aliphatic carbocycles. The zero-order valence-electron chi connectivity index (χ0n) is 9.53. The van der Waals surface area contributed by atoms with Crippen LogP contribution in [0.15, 0.2) is 4.99 Å². The lowest BCUT2D eigenvalue weighted by molar-refractivity contribution is 0.187. The number of rotatable bonds is 3. The van der Waals surface area contributed by atoms with Gasteiger partial charge in [0.1, 0.15) is 0 Å². The summed E-state index contributed by atoms with van der Waals surface area (Å²) < 4.78 is 5.34. The summed E-state index contributed by atoms with van der Waals surface area (Å²) in [7, 11) is 0. The summed E-state index contributed by atoms with van der Waals surface area (Å²) in [6.07, 6.45) is 1.18. The van der Waals surface area contributed by atoms with Gasteiger partial charge in [-0.1, -0.05) is 25.6 Å². The van der Waals surface area contributed by atoms with Gasteiger partial charge in [0, 0.05) is 30.9 Å². The third-order valence-electron chi connectivity index (χ3n) is 3.03. The summed E-state index contributed by atoms with van der Waals surface area (Å²) in [4.78, 5) is 4.63. The largest absolute Gasteiger partial charge is 0.381 e. The number of nitrogens with zero attached hydrogens (tertiary/aromatic N) is 1. The Bertz CT molecular complexity index is 237. The van der Waals surface area contributed by atoms with Crippen molar-refractivity contribution in [2.45, 2.75) is 26.3 Å². The van der Waals surface area contributed by atoms with Crippen molar-refractivity contribution in [2.24, 2.45) is 16.8 Å². The Hall–Kier alpha value is -0.220. The molecule has 3 nitrogen and oxygen atoms in total. The zero-order chi connectivity index (χ0) is 10.7. The molecule has 0 aromatic heterocycles. The molecule has 15 heavy (non-hydrogen) atoms. The molecule has 0 aromatic rings. The van der Waals surface area contributed by atoms with Crippen LogP contribution in [0, 0.1) is 11.8 Å². The molecule has 0 spiro atoms. The third kappa shape index (κ3) is 3.11. The summed E-state index contributed by atoms with van der Waals surface area (Å²) in [6, 6.07) is 0.605. The van der Waals surface area contributed by atoms with Crippen molar-refractivity contribution in [1.82, 2.24) is 5.32 Å². The van der Waals surface area contributed by atoms with E-state index in [9.17, 15) is 0 Å². The SMILES string of the molecule is CC(C)[C@H]1CSC(=NCC2CCOC2)N1. The Morgan fingerprint density at radius 3 is 3.07 bits per heavy atom. The lowest BCUT2D eigenvalue weighted by atomic mass is 10.1. The Balaban J connectivity index is 1.77. The van der Waals surface area contributed by atoms with E-state index < -0.39 is 0 Å². The van der Waals surface area contributed by atoms with Gasteiger partial charge in [0.25, 0.3) is 0 Å². The fourth-order valence-corrected chi connectivity index (χ4v) is 3.01. The van der Waals surface area contributed by atoms with Gasteiger partial charge in [-0.2, -0.15) is 0 Å². The molecule has 1 unspecified atom stereocenters. The van der Waals surface area contributed by atoms with Crippen molar-refractivity contribution in [1.29, 1.82) is 0 Å². The molecule has 1 N–H and O–H groups in total. The van der Waals surface area contributed by atoms with Gasteiger partial charge in [0.2, 0.25) is 0 Å². The zero-order valence-corrected chi connectivity index (χ0v) is 10.3. The van der Waals surface area contributed by atoms with E-state index in [1.54, 1.807) is 0 Å². The molecule has 86 valence electrons. The van der Waals surface area contributed by atoms with E-state index in [1.165, 1.54) is 6.42 Å². The third-order valence-corrected chi connectivity index (χ3v) is 4.08. The van der Waals surface area contributed by atoms with Crippen LogP contribution in [0.4, 0.5) is 0 Å². The lowest BCUT2D eigenvalue weighted by Gasteiger charge is -2.13. The number of thioether (sulfide) groups is 1. The number of hydrogen-bond acceptors (Lipinski definition) is 3. The van der Waals surface area contributed by atoms with E-state index in [-0.39, 0.29) is 0 Å². The van der Waals surface area contributed by atoms with Crippen molar-refractivity contribution in [2.75, 3.05) is 25.5 Å². The topological polar surface area (TPSA) is 33.6 Å². The molecule has 0 bridgehead atoms. The quantitative estimate of drug-likeness (QED) is 0.799. The van der Waals surface area contributed by atoms with Crippen molar-refractivity contribution >= 4 is 16.9 Å². The van der Waals surface area contributed by atoms with Gasteiger partial charge >= 0.3 is 0 Å². The van der Waals surface area contributed by atoms with E-state index >= 15 is 0 Å². The highest BCUT2D eigenvalue weighted by Crippen LogP contribution is 2.20. The first-order valence-electron chi connectivity index (χ1n) is 5.77. The summed E-state index contributed by atoms with van der Waals surface area (Å²) in [6.45, 7) is 7.26. The molecule has 0 radical (unpaired) electrons. The Kier molecular flexibility index (Phi) is 3.92. The van der Waals surface area contributed by atoms with Gasteiger partial charge in [0.05, 0.1) is 6.61 Å². The van der Waals surface area contributed by atoms with Crippen LogP contribution >= 0.6 is 11.8 Å². The molecule has 0 aromatic carbocycles. The van der Waals surface area contributed by atoms with Crippen LogP contribution in [0.5, 0.6) is 0 Å². The average molecular weight is 228 g/mol. The van der Waals surface area contributed by atoms with Crippen LogP contribution in [0.25, 0.3) is 0 Å². The summed E-state index contributed by atoms with van der Waals surface area (Å²) in [5, 5.41) is 4.63. The predicted molar refractivity (Wildman–Crippen MR) is 65.4 cm³/mol. The minimum absolute atomic E-state index is 0.605. The molecule has 2 fully saturated rings. The normalized spacial score (nSPS) is 33.9. The molecule has 2 aliphatic heterocycles. The summed E-state index contributed by atoms with van der Waals surface area (Å²) >= 11 is 1.86. The molecule has 0 saturated carbocycles. The molecular formula is C11H20N2OS. The van der Waals surface area contributed by atoms with E-state index in [2.05, 4.69) is 24.2 Å². The molecular weight excluding hydrogens is 208 g/mol. The summed E-state index contributed by atoms with van der Waals surface area (Å²) in [5.41, 5.74) is 0. The van der Waals surface area contributed by atoms with Crippen molar-refractivity contribution in [3.8, 4) is 0 Å². The minimum atomic E-state index is 0.605. The first kappa shape index (κ1) is 11.3. The van der Waals surface area contributed by atoms with E-state index in [0.717, 1.165) is 30.7 Å². The van der Waals surface area contributed by atoms with Crippen LogP contribution < -0.4 is 5.32 Å². The second kappa shape index (κ2) is 5.21. The highest BCUT2D eigenvalue weighted by Gasteiger charge is 2.23. The predicted octanol–water partition coefficient (Wildman–Crippen LogP) is 1.74. The van der Waals surface area contributed by atoms with Crippen LogP contribution in [-0.4, -0.2) is 36.7 Å². The number of ether oxygens (including phenoxy) is 1. The first-order valence-corrected chi connectivity index (χ1v) is 6.76. The van der Waals surface area contributed by atoms with Gasteiger partial charge in [0.15, 0.2) is 5.17 Å². The molecule has 2 saturated heterocycles. The highest BCUT2D eigenvalue weighted by molar-refractivity contribution is 8.14. The maximum Gasteiger partial charge on any atom is 0.156 e. The van der Waals surface area contributed by atoms with Gasteiger partial charge < -0.3 is 10.1 Å². The van der Waals surface area contributed by atoms with Crippen LogP contribution in [0.2, 0.25) is 0 Å². The minimum Gasteiger partial charge on any atom is -0.381 e. The van der Waals surface area contributed by atoms with E-state index in [4.69, 9.17) is 4.74 Å². The number of nitrogens with one attached hydrogen (secondary N) is 1. The van der Waals surface area contributed by atoms with E-state index in [0.29, 0.717) is 17.9 Å². The van der Waals surface area contributed by atoms with E-state index in [1.807, 2.05) is 11.8 Å². The fourth-order valence-electron chi connectivity index (χ4n) is 1.80. The van der Waals surface area contributed by atoms with Crippen LogP contribution in [-0.2, 0) is 4.74 Å². The number of aliphatic imine (C=N–C) groups is 1. The molecule has 2 aliphatic rings. The Labute approximate surface area is 96.1 Å². The molecule has 2 heterocycles. The Morgan fingerprint density at radius 1 is 1.60 bits per heavy atom. The van der Waals surface area contributed by atoms with Crippen molar-refractivity contribution in [3.05, 3.63) is 0 Å². The molecule has 2 rings (SSSR count). The monoisotopic (exact) mass is 228 g/mol. The maximum absolute atomic E-state index is 5.34. The second-order valence-corrected chi connectivity index (χ2v) is 5.69. The van der Waals surface area contributed by atoms with Crippen LogP contribution in [0.1, 0.15) is 20.3 Å². The first-order chi connectivity index (χ1) is 7.25. The van der Waals surface area contributed by atoms with Gasteiger partial charge in [-0.3, -0.25) is 4.99 Å². The molecule has 4 heteroatoms. The van der Waals surface area contributed by atoms with Gasteiger partial charge in [-0.15, -0.1) is 0 Å². The van der Waals surface area contributed by atoms with Crippen molar-refractivity contribution < 1.29 is 4.74 Å². The summed E-state index contributed by atoms with van der Waals surface area (Å²) in [5.74, 6) is 2.51. The highest BCUT2D eigenvalue weighted by atomic mass is 32.2. The number of amidine groups is 1. The smallest absolute Gasteiger partial charge is 0.156 e. The number of hydrogen-bond donors (Lipinski definition) is 1. The lowest BCUT2D eigenvalue weighted by Crippen LogP contribution is -2.31. The van der Waals surface area contributed by atoms with Crippen LogP contribution in [0.3, 0.4) is 0 Å². The fraction of sp³-hybridized carbons (Fsp3) is 0.909. The Morgan fingerprint density at radius 2 is 2.47 bits per heavy atom. The maximum atomic E-state index is 5.34. The van der Waals surface area contributed by atoms with Gasteiger partial charge in [-0.05, 0) is 12.3 Å². The van der Waals surface area contributed by atoms with Crippen molar-refractivity contribution in [3.63, 3.8) is 0 Å². The second-order valence-electron chi connectivity index (χ2n) is 4.68. The van der Waals surface area contributed by atoms with Gasteiger partial charge in [-0.25, -0.2) is 0 Å².